The van der Waals surface area contributed by atoms with Crippen LogP contribution in [0.15, 0.2) is 24.3 Å². The highest BCUT2D eigenvalue weighted by atomic mass is 16.6. The van der Waals surface area contributed by atoms with Crippen LogP contribution in [0.2, 0.25) is 0 Å². The first-order valence-corrected chi connectivity index (χ1v) is 6.60. The van der Waals surface area contributed by atoms with Gasteiger partial charge in [-0.15, -0.1) is 0 Å². The fourth-order valence-corrected chi connectivity index (χ4v) is 2.06. The van der Waals surface area contributed by atoms with Gasteiger partial charge >= 0.3 is 12.0 Å². The average Bonchev–Trinajstić information content (AvgIpc) is 2.45. The lowest BCUT2D eigenvalue weighted by atomic mass is 10.1. The lowest BCUT2D eigenvalue weighted by Gasteiger charge is -2.22. The van der Waals surface area contributed by atoms with Crippen LogP contribution in [0.25, 0.3) is 0 Å². The first-order chi connectivity index (χ1) is 9.65. The molecule has 0 aliphatic carbocycles. The van der Waals surface area contributed by atoms with Gasteiger partial charge in [-0.25, -0.2) is 9.59 Å². The summed E-state index contributed by atoms with van der Waals surface area (Å²) in [5.74, 6) is -0.438. The van der Waals surface area contributed by atoms with Crippen molar-refractivity contribution in [1.29, 1.82) is 0 Å². The summed E-state index contributed by atoms with van der Waals surface area (Å²) >= 11 is 0. The van der Waals surface area contributed by atoms with Crippen LogP contribution in [-0.2, 0) is 9.47 Å². The van der Waals surface area contributed by atoms with Crippen molar-refractivity contribution in [2.45, 2.75) is 25.4 Å². The molecular weight excluding hydrogens is 260 g/mol. The zero-order chi connectivity index (χ0) is 14.4. The molecular formula is C14H18N2O4. The van der Waals surface area contributed by atoms with Crippen LogP contribution in [-0.4, -0.2) is 31.3 Å². The summed E-state index contributed by atoms with van der Waals surface area (Å²) in [5.41, 5.74) is 5.85. The van der Waals surface area contributed by atoms with Crippen molar-refractivity contribution in [3.8, 4) is 0 Å². The Kier molecular flexibility index (Phi) is 4.95. The molecule has 0 saturated carbocycles. The van der Waals surface area contributed by atoms with E-state index in [9.17, 15) is 9.59 Å². The minimum absolute atomic E-state index is 0.0142. The quantitative estimate of drug-likeness (QED) is 0.823. The molecule has 0 spiro atoms. The van der Waals surface area contributed by atoms with E-state index in [-0.39, 0.29) is 12.7 Å². The van der Waals surface area contributed by atoms with Crippen molar-refractivity contribution in [3.05, 3.63) is 29.8 Å². The third-order valence-electron chi connectivity index (χ3n) is 3.04. The molecule has 1 aliphatic heterocycles. The van der Waals surface area contributed by atoms with Crippen LogP contribution >= 0.6 is 0 Å². The number of benzene rings is 1. The molecule has 1 aliphatic rings. The van der Waals surface area contributed by atoms with Gasteiger partial charge in [-0.05, 0) is 37.5 Å². The van der Waals surface area contributed by atoms with Crippen molar-refractivity contribution < 1.29 is 19.1 Å². The van der Waals surface area contributed by atoms with E-state index in [4.69, 9.17) is 15.2 Å². The van der Waals surface area contributed by atoms with Crippen molar-refractivity contribution in [1.82, 2.24) is 0 Å². The first kappa shape index (κ1) is 14.3. The Bertz CT molecular complexity index is 484. The zero-order valence-corrected chi connectivity index (χ0v) is 11.1. The van der Waals surface area contributed by atoms with Crippen LogP contribution in [0.5, 0.6) is 0 Å². The van der Waals surface area contributed by atoms with E-state index in [0.29, 0.717) is 11.3 Å². The Morgan fingerprint density at radius 2 is 2.25 bits per heavy atom. The minimum atomic E-state index is -0.675. The number of rotatable bonds is 4. The second kappa shape index (κ2) is 6.91. The minimum Gasteiger partial charge on any atom is -0.459 e. The number of hydrogen-bond acceptors (Lipinski definition) is 4. The Morgan fingerprint density at radius 1 is 1.40 bits per heavy atom. The van der Waals surface area contributed by atoms with Gasteiger partial charge in [0.2, 0.25) is 0 Å². The van der Waals surface area contributed by atoms with Crippen molar-refractivity contribution in [2.24, 2.45) is 5.73 Å². The molecule has 0 unspecified atom stereocenters. The van der Waals surface area contributed by atoms with E-state index in [1.807, 2.05) is 0 Å². The van der Waals surface area contributed by atoms with Gasteiger partial charge in [0.1, 0.15) is 6.61 Å². The van der Waals surface area contributed by atoms with Crippen LogP contribution in [0.3, 0.4) is 0 Å². The van der Waals surface area contributed by atoms with Crippen molar-refractivity contribution in [2.75, 3.05) is 18.5 Å². The molecule has 1 aromatic carbocycles. The highest BCUT2D eigenvalue weighted by Crippen LogP contribution is 2.15. The summed E-state index contributed by atoms with van der Waals surface area (Å²) in [6, 6.07) is 5.77. The average molecular weight is 278 g/mol. The molecule has 0 radical (unpaired) electrons. The van der Waals surface area contributed by atoms with Crippen LogP contribution in [0, 0.1) is 0 Å². The molecule has 1 saturated heterocycles. The Hall–Kier alpha value is -2.08. The van der Waals surface area contributed by atoms with Crippen molar-refractivity contribution in [3.63, 3.8) is 0 Å². The predicted octanol–water partition coefficient (Wildman–Crippen LogP) is 1.90. The molecule has 0 aromatic heterocycles. The fourth-order valence-electron chi connectivity index (χ4n) is 2.06. The molecule has 1 heterocycles. The van der Waals surface area contributed by atoms with Crippen LogP contribution in [0.4, 0.5) is 10.5 Å². The van der Waals surface area contributed by atoms with E-state index in [0.717, 1.165) is 25.9 Å². The number of ether oxygens (including phenoxy) is 2. The second-order valence-electron chi connectivity index (χ2n) is 4.66. The summed E-state index contributed by atoms with van der Waals surface area (Å²) in [7, 11) is 0. The van der Waals surface area contributed by atoms with E-state index >= 15 is 0 Å². The zero-order valence-electron chi connectivity index (χ0n) is 11.1. The van der Waals surface area contributed by atoms with E-state index in [1.54, 1.807) is 18.2 Å². The summed E-state index contributed by atoms with van der Waals surface area (Å²) < 4.78 is 10.7. The topological polar surface area (TPSA) is 90.7 Å². The molecule has 1 fully saturated rings. The number of nitrogens with two attached hydrogens (primary N) is 1. The number of esters is 1. The van der Waals surface area contributed by atoms with Crippen LogP contribution in [0.1, 0.15) is 29.6 Å². The standard InChI is InChI=1S/C14H18N2O4/c15-14(18)16-11-5-3-4-10(8-11)13(17)20-9-12-6-1-2-7-19-12/h3-5,8,12H,1-2,6-7,9H2,(H3,15,16,18)/t12-/m0/s1. The van der Waals surface area contributed by atoms with Gasteiger partial charge in [0.25, 0.3) is 0 Å². The van der Waals surface area contributed by atoms with Gasteiger partial charge < -0.3 is 20.5 Å². The number of urea groups is 1. The molecule has 6 nitrogen and oxygen atoms in total. The molecule has 1 atom stereocenters. The van der Waals surface area contributed by atoms with Crippen LogP contribution < -0.4 is 11.1 Å². The highest BCUT2D eigenvalue weighted by Gasteiger charge is 2.17. The van der Waals surface area contributed by atoms with E-state index < -0.39 is 12.0 Å². The molecule has 3 N–H and O–H groups in total. The summed E-state index contributed by atoms with van der Waals surface area (Å²) in [4.78, 5) is 22.7. The summed E-state index contributed by atoms with van der Waals surface area (Å²) in [6.07, 6.45) is 3.06. The lowest BCUT2D eigenvalue weighted by Crippen LogP contribution is -2.26. The molecule has 2 rings (SSSR count). The molecule has 108 valence electrons. The van der Waals surface area contributed by atoms with Gasteiger partial charge in [0, 0.05) is 12.3 Å². The maximum absolute atomic E-state index is 11.9. The largest absolute Gasteiger partial charge is 0.459 e. The maximum Gasteiger partial charge on any atom is 0.338 e. The number of carbonyl (C=O) groups is 2. The van der Waals surface area contributed by atoms with Gasteiger partial charge in [-0.1, -0.05) is 6.07 Å². The highest BCUT2D eigenvalue weighted by molar-refractivity contribution is 5.93. The number of nitrogens with one attached hydrogen (secondary N) is 1. The fraction of sp³-hybridized carbons (Fsp3) is 0.429. The number of amides is 2. The SMILES string of the molecule is NC(=O)Nc1cccc(C(=O)OC[C@@H]2CCCCO2)c1. The third-order valence-corrected chi connectivity index (χ3v) is 3.04. The Labute approximate surface area is 117 Å². The molecule has 1 aromatic rings. The maximum atomic E-state index is 11.9. The van der Waals surface area contributed by atoms with E-state index in [1.165, 1.54) is 6.07 Å². The van der Waals surface area contributed by atoms with Gasteiger partial charge in [0.05, 0.1) is 11.7 Å². The predicted molar refractivity (Wildman–Crippen MR) is 73.5 cm³/mol. The van der Waals surface area contributed by atoms with Gasteiger partial charge in [-0.2, -0.15) is 0 Å². The molecule has 2 amide bonds. The Morgan fingerprint density at radius 3 is 2.95 bits per heavy atom. The monoisotopic (exact) mass is 278 g/mol. The Balaban J connectivity index is 1.89. The smallest absolute Gasteiger partial charge is 0.338 e. The summed E-state index contributed by atoms with van der Waals surface area (Å²) in [5, 5.41) is 2.41. The number of carbonyl (C=O) groups excluding carboxylic acids is 2. The first-order valence-electron chi connectivity index (χ1n) is 6.60. The normalized spacial score (nSPS) is 18.3. The lowest BCUT2D eigenvalue weighted by molar-refractivity contribution is -0.0300. The summed E-state index contributed by atoms with van der Waals surface area (Å²) in [6.45, 7) is 0.979. The third kappa shape index (κ3) is 4.24. The van der Waals surface area contributed by atoms with Gasteiger partial charge in [0.15, 0.2) is 0 Å². The number of hydrogen-bond donors (Lipinski definition) is 2. The molecule has 0 bridgehead atoms. The van der Waals surface area contributed by atoms with Gasteiger partial charge in [-0.3, -0.25) is 0 Å². The number of primary amides is 1. The molecule has 6 heteroatoms. The number of anilines is 1. The second-order valence-corrected chi connectivity index (χ2v) is 4.66. The van der Waals surface area contributed by atoms with E-state index in [2.05, 4.69) is 5.32 Å². The molecule has 20 heavy (non-hydrogen) atoms. The van der Waals surface area contributed by atoms with Crippen molar-refractivity contribution >= 4 is 17.7 Å².